The van der Waals surface area contributed by atoms with E-state index in [1.165, 1.54) is 0 Å². The number of nitrogens with zero attached hydrogens (tertiary/aromatic N) is 1. The molecular weight excluding hydrogens is 304 g/mol. The monoisotopic (exact) mass is 328 g/mol. The normalized spacial score (nSPS) is 26.1. The molecule has 2 atom stereocenters. The number of hydrogen-bond acceptors (Lipinski definition) is 5. The highest BCUT2D eigenvalue weighted by atomic mass is 32.2. The topological polar surface area (TPSA) is 67.9 Å². The van der Waals surface area contributed by atoms with Gasteiger partial charge in [-0.1, -0.05) is 13.0 Å². The average Bonchev–Trinajstić information content (AvgIpc) is 3.02. The van der Waals surface area contributed by atoms with E-state index in [0.717, 1.165) is 25.7 Å². The van der Waals surface area contributed by atoms with Crippen molar-refractivity contribution in [1.82, 2.24) is 10.4 Å². The number of rotatable bonds is 5. The standard InChI is InChI=1S/C15H24N2O4S/c1-3-6-11(2)15(19)17-10-22-9-12(17)14(18)16-21-13-7-4-5-8-20-13/h6,12-13H,3-5,7-10H2,1-2H3,(H,16,18)/b11-6-/t12-,13-/m1/s1. The van der Waals surface area contributed by atoms with Gasteiger partial charge >= 0.3 is 0 Å². The molecule has 22 heavy (non-hydrogen) atoms. The summed E-state index contributed by atoms with van der Waals surface area (Å²) < 4.78 is 5.40. The second kappa shape index (κ2) is 8.55. The number of nitrogens with one attached hydrogen (secondary N) is 1. The minimum atomic E-state index is -0.485. The van der Waals surface area contributed by atoms with Crippen LogP contribution in [0.2, 0.25) is 0 Å². The molecule has 2 aliphatic heterocycles. The fourth-order valence-electron chi connectivity index (χ4n) is 2.48. The fourth-order valence-corrected chi connectivity index (χ4v) is 3.63. The molecule has 0 spiro atoms. The minimum Gasteiger partial charge on any atom is -0.350 e. The number of carbonyl (C=O) groups excluding carboxylic acids is 2. The van der Waals surface area contributed by atoms with Gasteiger partial charge in [0.2, 0.25) is 0 Å². The van der Waals surface area contributed by atoms with Gasteiger partial charge in [-0.2, -0.15) is 0 Å². The van der Waals surface area contributed by atoms with Gasteiger partial charge in [0.15, 0.2) is 6.29 Å². The van der Waals surface area contributed by atoms with Crippen LogP contribution >= 0.6 is 11.8 Å². The summed E-state index contributed by atoms with van der Waals surface area (Å²) in [7, 11) is 0. The maximum absolute atomic E-state index is 12.4. The van der Waals surface area contributed by atoms with Crippen molar-refractivity contribution in [3.05, 3.63) is 11.6 Å². The van der Waals surface area contributed by atoms with Gasteiger partial charge in [0.05, 0.1) is 5.88 Å². The van der Waals surface area contributed by atoms with Crippen LogP contribution in [-0.2, 0) is 19.2 Å². The average molecular weight is 328 g/mol. The van der Waals surface area contributed by atoms with Crippen LogP contribution in [0.4, 0.5) is 0 Å². The second-order valence-electron chi connectivity index (χ2n) is 5.47. The van der Waals surface area contributed by atoms with Crippen LogP contribution in [0.25, 0.3) is 0 Å². The Balaban J connectivity index is 1.87. The van der Waals surface area contributed by atoms with Gasteiger partial charge in [-0.15, -0.1) is 11.8 Å². The van der Waals surface area contributed by atoms with Crippen molar-refractivity contribution < 1.29 is 19.2 Å². The van der Waals surface area contributed by atoms with E-state index in [0.29, 0.717) is 23.8 Å². The van der Waals surface area contributed by atoms with E-state index in [-0.39, 0.29) is 18.1 Å². The second-order valence-corrected chi connectivity index (χ2v) is 6.47. The van der Waals surface area contributed by atoms with E-state index in [1.807, 2.05) is 13.0 Å². The Morgan fingerprint density at radius 1 is 1.45 bits per heavy atom. The molecule has 0 bridgehead atoms. The first-order chi connectivity index (χ1) is 10.6. The summed E-state index contributed by atoms with van der Waals surface area (Å²) in [5, 5.41) is 0. The van der Waals surface area contributed by atoms with Crippen molar-refractivity contribution in [3.63, 3.8) is 0 Å². The van der Waals surface area contributed by atoms with E-state index >= 15 is 0 Å². The molecule has 0 unspecified atom stereocenters. The quantitative estimate of drug-likeness (QED) is 0.616. The largest absolute Gasteiger partial charge is 0.350 e. The first-order valence-corrected chi connectivity index (χ1v) is 8.91. The highest BCUT2D eigenvalue weighted by Gasteiger charge is 2.35. The number of hydrogen-bond donors (Lipinski definition) is 1. The first-order valence-electron chi connectivity index (χ1n) is 7.76. The van der Waals surface area contributed by atoms with Crippen LogP contribution in [-0.4, -0.2) is 47.3 Å². The number of carbonyl (C=O) groups is 2. The minimum absolute atomic E-state index is 0.0825. The van der Waals surface area contributed by atoms with Gasteiger partial charge in [-0.25, -0.2) is 10.3 Å². The van der Waals surface area contributed by atoms with Crippen LogP contribution in [0.1, 0.15) is 39.5 Å². The van der Waals surface area contributed by atoms with Crippen molar-refractivity contribution in [2.45, 2.75) is 51.9 Å². The van der Waals surface area contributed by atoms with E-state index in [9.17, 15) is 9.59 Å². The Hall–Kier alpha value is -1.05. The van der Waals surface area contributed by atoms with Crippen molar-refractivity contribution in [3.8, 4) is 0 Å². The van der Waals surface area contributed by atoms with E-state index in [1.54, 1.807) is 23.6 Å². The Morgan fingerprint density at radius 2 is 2.27 bits per heavy atom. The molecule has 0 aromatic carbocycles. The number of ether oxygens (including phenoxy) is 1. The van der Waals surface area contributed by atoms with Gasteiger partial charge in [-0.05, 0) is 26.2 Å². The maximum Gasteiger partial charge on any atom is 0.267 e. The predicted molar refractivity (Wildman–Crippen MR) is 84.8 cm³/mol. The zero-order chi connectivity index (χ0) is 15.9. The third-order valence-corrected chi connectivity index (χ3v) is 4.73. The zero-order valence-electron chi connectivity index (χ0n) is 13.2. The summed E-state index contributed by atoms with van der Waals surface area (Å²) in [6, 6.07) is -0.485. The van der Waals surface area contributed by atoms with Crippen molar-refractivity contribution in [2.75, 3.05) is 18.2 Å². The third kappa shape index (κ3) is 4.47. The third-order valence-electron chi connectivity index (χ3n) is 3.72. The summed E-state index contributed by atoms with van der Waals surface area (Å²) >= 11 is 1.57. The van der Waals surface area contributed by atoms with E-state index < -0.39 is 6.04 Å². The Bertz CT molecular complexity index is 435. The van der Waals surface area contributed by atoms with E-state index in [4.69, 9.17) is 9.57 Å². The molecule has 1 N–H and O–H groups in total. The molecule has 0 saturated carbocycles. The number of thioether (sulfide) groups is 1. The molecule has 0 aromatic heterocycles. The van der Waals surface area contributed by atoms with Crippen LogP contribution in [0.5, 0.6) is 0 Å². The molecule has 2 aliphatic rings. The first kappa shape index (κ1) is 17.3. The summed E-state index contributed by atoms with van der Waals surface area (Å²) in [5.41, 5.74) is 3.14. The Labute approximate surface area is 135 Å². The highest BCUT2D eigenvalue weighted by Crippen LogP contribution is 2.23. The predicted octanol–water partition coefficient (Wildman–Crippen LogP) is 1.82. The van der Waals surface area contributed by atoms with Crippen molar-refractivity contribution >= 4 is 23.6 Å². The molecule has 2 saturated heterocycles. The molecule has 2 fully saturated rings. The molecule has 2 heterocycles. The molecule has 124 valence electrons. The molecule has 7 heteroatoms. The molecule has 6 nitrogen and oxygen atoms in total. The van der Waals surface area contributed by atoms with Gasteiger partial charge in [0, 0.05) is 24.4 Å². The molecule has 2 rings (SSSR count). The summed E-state index contributed by atoms with van der Waals surface area (Å²) in [6.45, 7) is 4.43. The fraction of sp³-hybridized carbons (Fsp3) is 0.733. The number of allylic oxidation sites excluding steroid dienone is 1. The lowest BCUT2D eigenvalue weighted by atomic mass is 10.2. The summed E-state index contributed by atoms with van der Waals surface area (Å²) in [6.07, 6.45) is 5.15. The van der Waals surface area contributed by atoms with Crippen LogP contribution in [0, 0.1) is 0 Å². The van der Waals surface area contributed by atoms with Crippen LogP contribution < -0.4 is 5.48 Å². The molecule has 0 aliphatic carbocycles. The Morgan fingerprint density at radius 3 is 2.95 bits per heavy atom. The van der Waals surface area contributed by atoms with Gasteiger partial charge in [0.1, 0.15) is 6.04 Å². The highest BCUT2D eigenvalue weighted by molar-refractivity contribution is 7.99. The summed E-state index contributed by atoms with van der Waals surface area (Å²) in [4.78, 5) is 31.5. The van der Waals surface area contributed by atoms with E-state index in [2.05, 4.69) is 5.48 Å². The zero-order valence-corrected chi connectivity index (χ0v) is 14.0. The van der Waals surface area contributed by atoms with Gasteiger partial charge in [0.25, 0.3) is 11.8 Å². The van der Waals surface area contributed by atoms with Crippen LogP contribution in [0.3, 0.4) is 0 Å². The molecule has 0 aromatic rings. The smallest absolute Gasteiger partial charge is 0.267 e. The lowest BCUT2D eigenvalue weighted by molar-refractivity contribution is -0.202. The lowest BCUT2D eigenvalue weighted by Gasteiger charge is -2.26. The Kier molecular flexibility index (Phi) is 6.72. The number of amides is 2. The van der Waals surface area contributed by atoms with Crippen molar-refractivity contribution in [1.29, 1.82) is 0 Å². The van der Waals surface area contributed by atoms with Crippen molar-refractivity contribution in [2.24, 2.45) is 0 Å². The number of hydroxylamine groups is 1. The summed E-state index contributed by atoms with van der Waals surface area (Å²) in [5.74, 6) is 0.759. The van der Waals surface area contributed by atoms with Crippen LogP contribution in [0.15, 0.2) is 11.6 Å². The van der Waals surface area contributed by atoms with Gasteiger partial charge in [-0.3, -0.25) is 9.59 Å². The lowest BCUT2D eigenvalue weighted by Crippen LogP contribution is -2.48. The molecule has 2 amide bonds. The molecular formula is C15H24N2O4S. The molecule has 0 radical (unpaired) electrons. The SMILES string of the molecule is CC/C=C(/C)C(=O)N1CSC[C@@H]1C(=O)NO[C@@H]1CCCCO1. The van der Waals surface area contributed by atoms with Gasteiger partial charge < -0.3 is 9.64 Å². The maximum atomic E-state index is 12.4.